The van der Waals surface area contributed by atoms with Crippen LogP contribution in [0.3, 0.4) is 0 Å². The van der Waals surface area contributed by atoms with E-state index < -0.39 is 0 Å². The van der Waals surface area contributed by atoms with E-state index in [9.17, 15) is 5.11 Å². The fourth-order valence-electron chi connectivity index (χ4n) is 1.99. The fraction of sp³-hybridized carbons (Fsp3) is 0.750. The van der Waals surface area contributed by atoms with Crippen LogP contribution in [0.4, 0.5) is 5.13 Å². The smallest absolute Gasteiger partial charge is 0.185 e. The molecule has 1 aromatic heterocycles. The number of aromatic nitrogens is 1. The van der Waals surface area contributed by atoms with Crippen molar-refractivity contribution in [2.75, 3.05) is 11.9 Å². The monoisotopic (exact) mass is 240 g/mol. The van der Waals surface area contributed by atoms with E-state index in [0.717, 1.165) is 28.0 Å². The maximum atomic E-state index is 9.26. The van der Waals surface area contributed by atoms with Crippen LogP contribution in [0.2, 0.25) is 0 Å². The highest BCUT2D eigenvalue weighted by Gasteiger charge is 2.31. The van der Waals surface area contributed by atoms with Crippen molar-refractivity contribution in [3.63, 3.8) is 0 Å². The van der Waals surface area contributed by atoms with E-state index >= 15 is 0 Å². The molecule has 3 nitrogen and oxygen atoms in total. The Morgan fingerprint density at radius 2 is 2.25 bits per heavy atom. The van der Waals surface area contributed by atoms with Crippen LogP contribution in [0, 0.1) is 5.92 Å². The summed E-state index contributed by atoms with van der Waals surface area (Å²) in [7, 11) is 2.11. The van der Waals surface area contributed by atoms with E-state index in [1.807, 2.05) is 0 Å². The zero-order valence-corrected chi connectivity index (χ0v) is 11.0. The molecule has 90 valence electrons. The van der Waals surface area contributed by atoms with Crippen molar-refractivity contribution in [1.29, 1.82) is 0 Å². The number of hydrogen-bond donors (Lipinski definition) is 1. The van der Waals surface area contributed by atoms with Crippen molar-refractivity contribution in [2.45, 2.75) is 45.8 Å². The molecule has 1 N–H and O–H groups in total. The molecule has 1 aliphatic carbocycles. The van der Waals surface area contributed by atoms with Crippen LogP contribution in [0.15, 0.2) is 0 Å². The molecule has 1 aliphatic rings. The standard InChI is InChI=1S/C12H20N2OS/c1-4-10-11(7-15)16-12(13-10)14(3)8(2)9-5-6-9/h8-9,15H,4-7H2,1-3H3. The molecule has 1 atom stereocenters. The second kappa shape index (κ2) is 4.72. The number of anilines is 1. The number of aryl methyl sites for hydroxylation is 1. The van der Waals surface area contributed by atoms with E-state index in [4.69, 9.17) is 0 Å². The molecule has 1 saturated carbocycles. The molecule has 16 heavy (non-hydrogen) atoms. The van der Waals surface area contributed by atoms with Crippen LogP contribution < -0.4 is 4.90 Å². The Labute approximate surface area is 101 Å². The Hall–Kier alpha value is -0.610. The number of thiazole rings is 1. The maximum absolute atomic E-state index is 9.26. The summed E-state index contributed by atoms with van der Waals surface area (Å²) in [6.07, 6.45) is 3.60. The molecule has 0 spiro atoms. The normalized spacial score (nSPS) is 17.5. The summed E-state index contributed by atoms with van der Waals surface area (Å²) in [5, 5.41) is 10.3. The van der Waals surface area contributed by atoms with Gasteiger partial charge in [-0.3, -0.25) is 0 Å². The quantitative estimate of drug-likeness (QED) is 0.858. The maximum Gasteiger partial charge on any atom is 0.185 e. The van der Waals surface area contributed by atoms with E-state index in [2.05, 4.69) is 30.8 Å². The second-order valence-electron chi connectivity index (χ2n) is 4.57. The van der Waals surface area contributed by atoms with Gasteiger partial charge in [-0.25, -0.2) is 4.98 Å². The molecule has 0 bridgehead atoms. The highest BCUT2D eigenvalue weighted by Crippen LogP contribution is 2.37. The van der Waals surface area contributed by atoms with Gasteiger partial charge in [0.25, 0.3) is 0 Å². The summed E-state index contributed by atoms with van der Waals surface area (Å²) in [5.41, 5.74) is 1.05. The molecule has 0 aromatic carbocycles. The molecular formula is C12H20N2OS. The molecule has 0 aliphatic heterocycles. The van der Waals surface area contributed by atoms with Crippen LogP contribution in [0.5, 0.6) is 0 Å². The van der Waals surface area contributed by atoms with Gasteiger partial charge >= 0.3 is 0 Å². The predicted octanol–water partition coefficient (Wildman–Crippen LogP) is 2.43. The van der Waals surface area contributed by atoms with Gasteiger partial charge in [0.05, 0.1) is 17.2 Å². The van der Waals surface area contributed by atoms with Gasteiger partial charge in [0.15, 0.2) is 5.13 Å². The first-order valence-corrected chi connectivity index (χ1v) is 6.81. The lowest BCUT2D eigenvalue weighted by atomic mass is 10.2. The average Bonchev–Trinajstić information content (AvgIpc) is 3.06. The van der Waals surface area contributed by atoms with Crippen molar-refractivity contribution in [3.8, 4) is 0 Å². The summed E-state index contributed by atoms with van der Waals surface area (Å²) in [6.45, 7) is 4.47. The number of hydrogen-bond acceptors (Lipinski definition) is 4. The van der Waals surface area contributed by atoms with Crippen molar-refractivity contribution >= 4 is 16.5 Å². The van der Waals surface area contributed by atoms with Gasteiger partial charge in [-0.15, -0.1) is 0 Å². The van der Waals surface area contributed by atoms with Crippen LogP contribution in [0.25, 0.3) is 0 Å². The number of aliphatic hydroxyl groups is 1. The Kier molecular flexibility index (Phi) is 3.50. The van der Waals surface area contributed by atoms with Crippen molar-refractivity contribution in [2.24, 2.45) is 5.92 Å². The Morgan fingerprint density at radius 1 is 1.56 bits per heavy atom. The van der Waals surface area contributed by atoms with Gasteiger partial charge in [-0.2, -0.15) is 0 Å². The minimum Gasteiger partial charge on any atom is -0.391 e. The number of rotatable bonds is 5. The lowest BCUT2D eigenvalue weighted by molar-refractivity contribution is 0.284. The van der Waals surface area contributed by atoms with Crippen LogP contribution in [0.1, 0.15) is 37.3 Å². The first kappa shape index (κ1) is 11.9. The minimum atomic E-state index is 0.118. The predicted molar refractivity (Wildman–Crippen MR) is 68.0 cm³/mol. The molecule has 0 radical (unpaired) electrons. The fourth-order valence-corrected chi connectivity index (χ4v) is 3.05. The van der Waals surface area contributed by atoms with E-state index in [-0.39, 0.29) is 6.61 Å². The van der Waals surface area contributed by atoms with Gasteiger partial charge in [0.1, 0.15) is 0 Å². The topological polar surface area (TPSA) is 36.4 Å². The zero-order chi connectivity index (χ0) is 11.7. The van der Waals surface area contributed by atoms with E-state index in [1.165, 1.54) is 12.8 Å². The summed E-state index contributed by atoms with van der Waals surface area (Å²) in [5.74, 6) is 0.844. The van der Waals surface area contributed by atoms with Gasteiger partial charge in [-0.05, 0) is 32.1 Å². The summed E-state index contributed by atoms with van der Waals surface area (Å²) in [4.78, 5) is 7.90. The molecule has 2 rings (SSSR count). The van der Waals surface area contributed by atoms with Crippen molar-refractivity contribution < 1.29 is 5.11 Å². The highest BCUT2D eigenvalue weighted by atomic mass is 32.1. The third-order valence-corrected chi connectivity index (χ3v) is 4.64. The Morgan fingerprint density at radius 3 is 2.69 bits per heavy atom. The summed E-state index contributed by atoms with van der Waals surface area (Å²) < 4.78 is 0. The second-order valence-corrected chi connectivity index (χ2v) is 5.63. The molecule has 0 saturated heterocycles. The Bertz CT molecular complexity index is 338. The summed E-state index contributed by atoms with van der Waals surface area (Å²) in [6, 6.07) is 0.572. The van der Waals surface area contributed by atoms with Crippen molar-refractivity contribution in [1.82, 2.24) is 4.98 Å². The van der Waals surface area contributed by atoms with Gasteiger partial charge < -0.3 is 10.0 Å². The lowest BCUT2D eigenvalue weighted by Gasteiger charge is -2.23. The molecule has 0 amide bonds. The van der Waals surface area contributed by atoms with Crippen LogP contribution in [-0.2, 0) is 13.0 Å². The van der Waals surface area contributed by atoms with Crippen molar-refractivity contribution in [3.05, 3.63) is 10.6 Å². The van der Waals surface area contributed by atoms with Gasteiger partial charge in [0, 0.05) is 13.1 Å². The van der Waals surface area contributed by atoms with Gasteiger partial charge in [-0.1, -0.05) is 18.3 Å². The first-order valence-electron chi connectivity index (χ1n) is 5.99. The average molecular weight is 240 g/mol. The first-order chi connectivity index (χ1) is 7.67. The third-order valence-electron chi connectivity index (χ3n) is 3.46. The molecule has 1 heterocycles. The minimum absolute atomic E-state index is 0.118. The molecule has 1 unspecified atom stereocenters. The van der Waals surface area contributed by atoms with Crippen LogP contribution >= 0.6 is 11.3 Å². The number of aliphatic hydroxyl groups excluding tert-OH is 1. The van der Waals surface area contributed by atoms with E-state index in [1.54, 1.807) is 11.3 Å². The molecule has 4 heteroatoms. The van der Waals surface area contributed by atoms with Crippen LogP contribution in [-0.4, -0.2) is 23.2 Å². The largest absolute Gasteiger partial charge is 0.391 e. The Balaban J connectivity index is 2.15. The summed E-state index contributed by atoms with van der Waals surface area (Å²) >= 11 is 1.63. The molecule has 1 fully saturated rings. The lowest BCUT2D eigenvalue weighted by Crippen LogP contribution is -2.30. The third kappa shape index (κ3) is 2.23. The number of nitrogens with zero attached hydrogens (tertiary/aromatic N) is 2. The highest BCUT2D eigenvalue weighted by molar-refractivity contribution is 7.15. The van der Waals surface area contributed by atoms with Gasteiger partial charge in [0.2, 0.25) is 0 Å². The SMILES string of the molecule is CCc1nc(N(C)C(C)C2CC2)sc1CO. The zero-order valence-electron chi connectivity index (χ0n) is 10.2. The van der Waals surface area contributed by atoms with E-state index in [0.29, 0.717) is 6.04 Å². The molecular weight excluding hydrogens is 220 g/mol. The molecule has 1 aromatic rings.